The molecule has 4 nitrogen and oxygen atoms in total. The molecule has 0 aliphatic carbocycles. The number of nitrogens with zero attached hydrogens (tertiary/aromatic N) is 1. The lowest BCUT2D eigenvalue weighted by molar-refractivity contribution is -0.118. The molecule has 3 N–H and O–H groups in total. The Morgan fingerprint density at radius 1 is 1.48 bits per heavy atom. The molecule has 0 aromatic heterocycles. The molecule has 0 saturated carbocycles. The monoisotopic (exact) mass is 297 g/mol. The molecule has 1 amide bonds. The Balaban J connectivity index is 1.96. The number of halogens is 2. The van der Waals surface area contributed by atoms with Crippen molar-refractivity contribution in [3.05, 3.63) is 29.8 Å². The number of benzene rings is 1. The Morgan fingerprint density at radius 2 is 2.24 bits per heavy atom. The predicted molar refractivity (Wildman–Crippen MR) is 77.8 cm³/mol. The van der Waals surface area contributed by atoms with Crippen LogP contribution >= 0.6 is 0 Å². The summed E-state index contributed by atoms with van der Waals surface area (Å²) in [5.41, 5.74) is 5.62. The summed E-state index contributed by atoms with van der Waals surface area (Å²) in [6.45, 7) is 3.60. The lowest BCUT2D eigenvalue weighted by Gasteiger charge is -2.37. The Bertz CT molecular complexity index is 510. The second-order valence-corrected chi connectivity index (χ2v) is 5.66. The van der Waals surface area contributed by atoms with Gasteiger partial charge < -0.3 is 11.1 Å². The van der Waals surface area contributed by atoms with E-state index in [1.54, 1.807) is 0 Å². The van der Waals surface area contributed by atoms with Gasteiger partial charge in [-0.05, 0) is 37.4 Å². The summed E-state index contributed by atoms with van der Waals surface area (Å²) >= 11 is 0. The highest BCUT2D eigenvalue weighted by Crippen LogP contribution is 2.22. The van der Waals surface area contributed by atoms with Crippen LogP contribution in [0.25, 0.3) is 0 Å². The van der Waals surface area contributed by atoms with Crippen molar-refractivity contribution in [2.45, 2.75) is 25.8 Å². The number of anilines is 1. The maximum Gasteiger partial charge on any atom is 0.238 e. The molecule has 1 aromatic rings. The number of piperidine rings is 1. The van der Waals surface area contributed by atoms with E-state index in [9.17, 15) is 13.6 Å². The summed E-state index contributed by atoms with van der Waals surface area (Å²) in [5, 5.41) is 2.42. The molecule has 0 spiro atoms. The van der Waals surface area contributed by atoms with E-state index in [-0.39, 0.29) is 24.2 Å². The Hall–Kier alpha value is -1.53. The Morgan fingerprint density at radius 3 is 2.95 bits per heavy atom. The molecule has 116 valence electrons. The first-order valence-corrected chi connectivity index (χ1v) is 7.18. The molecule has 1 aromatic carbocycles. The maximum absolute atomic E-state index is 13.5. The lowest BCUT2D eigenvalue weighted by Crippen LogP contribution is -2.49. The molecule has 6 heteroatoms. The second kappa shape index (κ2) is 6.95. The topological polar surface area (TPSA) is 58.4 Å². The average molecular weight is 297 g/mol. The minimum absolute atomic E-state index is 0.130. The summed E-state index contributed by atoms with van der Waals surface area (Å²) in [6.07, 6.45) is 1.97. The molecule has 1 aliphatic rings. The summed E-state index contributed by atoms with van der Waals surface area (Å²) in [7, 11) is 0. The smallest absolute Gasteiger partial charge is 0.238 e. The molecular weight excluding hydrogens is 276 g/mol. The first-order valence-electron chi connectivity index (χ1n) is 7.18. The summed E-state index contributed by atoms with van der Waals surface area (Å²) in [4.78, 5) is 14.0. The number of carbonyl (C=O) groups is 1. The highest BCUT2D eigenvalue weighted by atomic mass is 19.1. The standard InChI is InChI=1S/C15H21F2N3O/c1-10-4-5-20(12(6-10)8-18)9-15(21)19-14-7-11(16)2-3-13(14)17/h2-3,7,10,12H,4-6,8-9,18H2,1H3,(H,19,21). The van der Waals surface area contributed by atoms with Gasteiger partial charge in [0.15, 0.2) is 0 Å². The van der Waals surface area contributed by atoms with Gasteiger partial charge in [0.2, 0.25) is 5.91 Å². The highest BCUT2D eigenvalue weighted by Gasteiger charge is 2.26. The van der Waals surface area contributed by atoms with E-state index in [1.165, 1.54) is 0 Å². The van der Waals surface area contributed by atoms with Gasteiger partial charge in [0.05, 0.1) is 12.2 Å². The fraction of sp³-hybridized carbons (Fsp3) is 0.533. The van der Waals surface area contributed by atoms with Crippen molar-refractivity contribution in [3.8, 4) is 0 Å². The van der Waals surface area contributed by atoms with Gasteiger partial charge in [-0.3, -0.25) is 9.69 Å². The quantitative estimate of drug-likeness (QED) is 0.893. The molecule has 2 rings (SSSR count). The highest BCUT2D eigenvalue weighted by molar-refractivity contribution is 5.92. The zero-order chi connectivity index (χ0) is 15.4. The fourth-order valence-electron chi connectivity index (χ4n) is 2.72. The number of nitrogens with two attached hydrogens (primary N) is 1. The van der Waals surface area contributed by atoms with Gasteiger partial charge in [-0.1, -0.05) is 6.92 Å². The largest absolute Gasteiger partial charge is 0.329 e. The minimum Gasteiger partial charge on any atom is -0.329 e. The zero-order valence-electron chi connectivity index (χ0n) is 12.1. The van der Waals surface area contributed by atoms with Gasteiger partial charge in [-0.25, -0.2) is 8.78 Å². The van der Waals surface area contributed by atoms with Crippen LogP contribution in [0, 0.1) is 17.6 Å². The van der Waals surface area contributed by atoms with Crippen LogP contribution in [0.3, 0.4) is 0 Å². The van der Waals surface area contributed by atoms with Gasteiger partial charge in [0, 0.05) is 18.7 Å². The summed E-state index contributed by atoms with van der Waals surface area (Å²) in [5.74, 6) is -0.989. The van der Waals surface area contributed by atoms with Crippen LogP contribution in [0.2, 0.25) is 0 Å². The molecule has 1 aliphatic heterocycles. The number of hydrogen-bond acceptors (Lipinski definition) is 3. The van der Waals surface area contributed by atoms with E-state index >= 15 is 0 Å². The van der Waals surface area contributed by atoms with Crippen molar-refractivity contribution < 1.29 is 13.6 Å². The second-order valence-electron chi connectivity index (χ2n) is 5.66. The van der Waals surface area contributed by atoms with E-state index < -0.39 is 11.6 Å². The van der Waals surface area contributed by atoms with E-state index in [4.69, 9.17) is 5.73 Å². The summed E-state index contributed by atoms with van der Waals surface area (Å²) < 4.78 is 26.6. The molecule has 0 radical (unpaired) electrons. The van der Waals surface area contributed by atoms with Gasteiger partial charge in [-0.15, -0.1) is 0 Å². The molecule has 2 unspecified atom stereocenters. The number of amides is 1. The van der Waals surface area contributed by atoms with E-state index in [1.807, 2.05) is 4.90 Å². The minimum atomic E-state index is -0.646. The number of likely N-dealkylation sites (tertiary alicyclic amines) is 1. The predicted octanol–water partition coefficient (Wildman–Crippen LogP) is 1.96. The van der Waals surface area contributed by atoms with Crippen LogP contribution in [-0.4, -0.2) is 36.5 Å². The number of nitrogens with one attached hydrogen (secondary N) is 1. The van der Waals surface area contributed by atoms with Gasteiger partial charge in [0.25, 0.3) is 0 Å². The van der Waals surface area contributed by atoms with E-state index in [2.05, 4.69) is 12.2 Å². The van der Waals surface area contributed by atoms with Crippen LogP contribution in [0.5, 0.6) is 0 Å². The first-order chi connectivity index (χ1) is 9.99. The zero-order valence-corrected chi connectivity index (χ0v) is 12.1. The van der Waals surface area contributed by atoms with Crippen molar-refractivity contribution in [3.63, 3.8) is 0 Å². The molecule has 21 heavy (non-hydrogen) atoms. The van der Waals surface area contributed by atoms with Crippen LogP contribution in [0.15, 0.2) is 18.2 Å². The molecule has 1 heterocycles. The molecule has 2 atom stereocenters. The number of rotatable bonds is 4. The fourth-order valence-corrected chi connectivity index (χ4v) is 2.72. The maximum atomic E-state index is 13.5. The van der Waals surface area contributed by atoms with E-state index in [0.29, 0.717) is 12.5 Å². The molecular formula is C15H21F2N3O. The summed E-state index contributed by atoms with van der Waals surface area (Å²) in [6, 6.07) is 3.15. The Kier molecular flexibility index (Phi) is 5.25. The number of hydrogen-bond donors (Lipinski definition) is 2. The molecule has 1 saturated heterocycles. The van der Waals surface area contributed by atoms with Crippen LogP contribution in [0.4, 0.5) is 14.5 Å². The van der Waals surface area contributed by atoms with Crippen molar-refractivity contribution >= 4 is 11.6 Å². The Labute approximate surface area is 123 Å². The van der Waals surface area contributed by atoms with Crippen LogP contribution in [-0.2, 0) is 4.79 Å². The molecule has 0 bridgehead atoms. The van der Waals surface area contributed by atoms with Crippen LogP contribution < -0.4 is 11.1 Å². The number of carbonyl (C=O) groups excluding carboxylic acids is 1. The first kappa shape index (κ1) is 15.9. The lowest BCUT2D eigenvalue weighted by atomic mass is 9.92. The third-order valence-corrected chi connectivity index (χ3v) is 3.92. The molecule has 1 fully saturated rings. The van der Waals surface area contributed by atoms with Gasteiger partial charge in [0.1, 0.15) is 11.6 Å². The average Bonchev–Trinajstić information content (AvgIpc) is 2.44. The third kappa shape index (κ3) is 4.22. The van der Waals surface area contributed by atoms with E-state index in [0.717, 1.165) is 37.6 Å². The van der Waals surface area contributed by atoms with Crippen molar-refractivity contribution in [1.82, 2.24) is 4.90 Å². The SMILES string of the molecule is CC1CCN(CC(=O)Nc2cc(F)ccc2F)C(CN)C1. The van der Waals surface area contributed by atoms with Crippen molar-refractivity contribution in [2.24, 2.45) is 11.7 Å². The van der Waals surface area contributed by atoms with Crippen molar-refractivity contribution in [1.29, 1.82) is 0 Å². The van der Waals surface area contributed by atoms with Gasteiger partial charge >= 0.3 is 0 Å². The van der Waals surface area contributed by atoms with Gasteiger partial charge in [-0.2, -0.15) is 0 Å². The van der Waals surface area contributed by atoms with Crippen LogP contribution in [0.1, 0.15) is 19.8 Å². The van der Waals surface area contributed by atoms with Crippen molar-refractivity contribution in [2.75, 3.05) is 25.0 Å². The third-order valence-electron chi connectivity index (χ3n) is 3.92. The normalized spacial score (nSPS) is 23.0.